The predicted molar refractivity (Wildman–Crippen MR) is 93.8 cm³/mol. The number of carbonyl (C=O) groups is 2. The van der Waals surface area contributed by atoms with Gasteiger partial charge >= 0.3 is 18.2 Å². The molecule has 1 aromatic heterocycles. The van der Waals surface area contributed by atoms with Gasteiger partial charge in [-0.2, -0.15) is 0 Å². The van der Waals surface area contributed by atoms with Gasteiger partial charge in [-0.15, -0.1) is 24.5 Å². The molecule has 0 fully saturated rings. The lowest BCUT2D eigenvalue weighted by Gasteiger charge is -2.14. The van der Waals surface area contributed by atoms with E-state index < -0.39 is 30.0 Å². The molecule has 2 N–H and O–H groups in total. The molecular weight excluding hydrogens is 409 g/mol. The number of nitrogens with one attached hydrogen (secondary N) is 2. The van der Waals surface area contributed by atoms with Crippen LogP contribution in [-0.4, -0.2) is 31.8 Å². The Kier molecular flexibility index (Phi) is 7.05. The van der Waals surface area contributed by atoms with Crippen molar-refractivity contribution in [3.63, 3.8) is 0 Å². The Labute approximate surface area is 161 Å². The first-order chi connectivity index (χ1) is 12.7. The first-order valence-electron chi connectivity index (χ1n) is 7.41. The number of methoxy groups -OCH3 is 1. The lowest BCUT2D eigenvalue weighted by Crippen LogP contribution is -2.37. The smallest absolute Gasteiger partial charge is 0.406 e. The van der Waals surface area contributed by atoms with Crippen molar-refractivity contribution >= 4 is 40.4 Å². The fourth-order valence-corrected chi connectivity index (χ4v) is 3.13. The maximum absolute atomic E-state index is 12.1. The maximum Gasteiger partial charge on any atom is 0.573 e. The van der Waals surface area contributed by atoms with E-state index in [1.54, 1.807) is 12.1 Å². The molecule has 2 amide bonds. The predicted octanol–water partition coefficient (Wildman–Crippen LogP) is 3.74. The summed E-state index contributed by atoms with van der Waals surface area (Å²) in [6, 6.07) is 7.83. The van der Waals surface area contributed by atoms with E-state index in [9.17, 15) is 22.8 Å². The van der Waals surface area contributed by atoms with Crippen LogP contribution in [0.2, 0.25) is 4.34 Å². The lowest BCUT2D eigenvalue weighted by atomic mass is 10.3. The molecule has 0 unspecified atom stereocenters. The second-order valence-electron chi connectivity index (χ2n) is 5.10. The largest absolute Gasteiger partial charge is 0.573 e. The number of thiophene rings is 1. The van der Waals surface area contributed by atoms with Crippen LogP contribution in [-0.2, 0) is 14.3 Å². The summed E-state index contributed by atoms with van der Waals surface area (Å²) in [5, 5.41) is 4.69. The van der Waals surface area contributed by atoms with Crippen LogP contribution >= 0.6 is 22.9 Å². The Bertz CT molecular complexity index is 796. The molecule has 1 atom stereocenters. The molecule has 11 heteroatoms. The third-order valence-electron chi connectivity index (χ3n) is 3.20. The minimum atomic E-state index is -4.81. The van der Waals surface area contributed by atoms with Crippen molar-refractivity contribution < 1.29 is 32.2 Å². The molecule has 0 spiro atoms. The van der Waals surface area contributed by atoms with Crippen LogP contribution in [0.3, 0.4) is 0 Å². The summed E-state index contributed by atoms with van der Waals surface area (Å²) in [4.78, 5) is 24.5. The van der Waals surface area contributed by atoms with Gasteiger partial charge in [0.1, 0.15) is 11.9 Å². The summed E-state index contributed by atoms with van der Waals surface area (Å²) in [7, 11) is 1.45. The zero-order chi connectivity index (χ0) is 20.0. The van der Waals surface area contributed by atoms with Crippen molar-refractivity contribution in [3.8, 4) is 5.75 Å². The molecule has 1 heterocycles. The molecule has 0 aliphatic rings. The number of halogens is 4. The van der Waals surface area contributed by atoms with Crippen LogP contribution in [0.25, 0.3) is 0 Å². The lowest BCUT2D eigenvalue weighted by molar-refractivity contribution is -0.274. The molecule has 1 aromatic carbocycles. The Morgan fingerprint density at radius 3 is 2.33 bits per heavy atom. The third-order valence-corrected chi connectivity index (χ3v) is 4.52. The van der Waals surface area contributed by atoms with Crippen LogP contribution in [0.1, 0.15) is 11.0 Å². The molecule has 2 rings (SSSR count). The second kappa shape index (κ2) is 9.07. The number of amides is 2. The summed E-state index contributed by atoms with van der Waals surface area (Å²) in [5.41, 5.74) is 0.137. The van der Waals surface area contributed by atoms with Gasteiger partial charge < -0.3 is 20.1 Å². The van der Waals surface area contributed by atoms with Gasteiger partial charge in [0.2, 0.25) is 0 Å². The molecule has 146 valence electrons. The quantitative estimate of drug-likeness (QED) is 0.695. The van der Waals surface area contributed by atoms with E-state index in [1.165, 1.54) is 30.6 Å². The molecule has 0 aliphatic heterocycles. The molecule has 2 aromatic rings. The fraction of sp³-hybridized carbons (Fsp3) is 0.250. The summed E-state index contributed by atoms with van der Waals surface area (Å²) in [6.07, 6.45) is -5.28. The molecular formula is C16H14ClF3N2O4S. The van der Waals surface area contributed by atoms with Crippen LogP contribution in [0.4, 0.5) is 18.9 Å². The van der Waals surface area contributed by atoms with E-state index in [0.29, 0.717) is 4.34 Å². The van der Waals surface area contributed by atoms with Crippen molar-refractivity contribution in [2.45, 2.75) is 12.5 Å². The Morgan fingerprint density at radius 2 is 1.81 bits per heavy atom. The second-order valence-corrected chi connectivity index (χ2v) is 6.85. The SMILES string of the molecule is CO[C@@H](CNC(=O)C(=O)Nc1ccc(OC(F)(F)F)cc1)c1ccc(Cl)s1. The molecule has 0 saturated carbocycles. The van der Waals surface area contributed by atoms with Crippen LogP contribution < -0.4 is 15.4 Å². The minimum Gasteiger partial charge on any atom is -0.406 e. The van der Waals surface area contributed by atoms with Crippen LogP contribution in [0.15, 0.2) is 36.4 Å². The molecule has 0 bridgehead atoms. The number of benzene rings is 1. The average Bonchev–Trinajstić information content (AvgIpc) is 3.02. The highest BCUT2D eigenvalue weighted by molar-refractivity contribution is 7.16. The van der Waals surface area contributed by atoms with Gasteiger partial charge in [-0.1, -0.05) is 11.6 Å². The van der Waals surface area contributed by atoms with Gasteiger partial charge in [-0.25, -0.2) is 0 Å². The molecule has 6 nitrogen and oxygen atoms in total. The fourth-order valence-electron chi connectivity index (χ4n) is 1.99. The average molecular weight is 423 g/mol. The molecule has 0 aliphatic carbocycles. The van der Waals surface area contributed by atoms with Gasteiger partial charge in [0, 0.05) is 24.2 Å². The molecule has 0 saturated heterocycles. The normalized spacial score (nSPS) is 12.3. The first-order valence-corrected chi connectivity index (χ1v) is 8.60. The number of alkyl halides is 3. The highest BCUT2D eigenvalue weighted by Crippen LogP contribution is 2.28. The van der Waals surface area contributed by atoms with Crippen molar-refractivity contribution in [1.29, 1.82) is 0 Å². The van der Waals surface area contributed by atoms with Crippen LogP contribution in [0.5, 0.6) is 5.75 Å². The summed E-state index contributed by atoms with van der Waals surface area (Å²) in [6.45, 7) is 0.0396. The first kappa shape index (κ1) is 21.0. The molecule has 0 radical (unpaired) electrons. The van der Waals surface area contributed by atoms with E-state index in [2.05, 4.69) is 15.4 Å². The van der Waals surface area contributed by atoms with Crippen molar-refractivity contribution in [2.24, 2.45) is 0 Å². The number of ether oxygens (including phenoxy) is 2. The maximum atomic E-state index is 12.1. The monoisotopic (exact) mass is 422 g/mol. The van der Waals surface area contributed by atoms with Gasteiger partial charge in [-0.05, 0) is 36.4 Å². The number of hydrogen-bond acceptors (Lipinski definition) is 5. The van der Waals surface area contributed by atoms with E-state index in [-0.39, 0.29) is 12.2 Å². The van der Waals surface area contributed by atoms with E-state index >= 15 is 0 Å². The topological polar surface area (TPSA) is 76.7 Å². The summed E-state index contributed by atoms with van der Waals surface area (Å²) >= 11 is 7.14. The van der Waals surface area contributed by atoms with Crippen molar-refractivity contribution in [2.75, 3.05) is 19.0 Å². The summed E-state index contributed by atoms with van der Waals surface area (Å²) < 4.78 is 45.8. The zero-order valence-electron chi connectivity index (χ0n) is 13.8. The van der Waals surface area contributed by atoms with Gasteiger partial charge in [0.05, 0.1) is 4.34 Å². The Hall–Kier alpha value is -2.30. The van der Waals surface area contributed by atoms with Gasteiger partial charge in [0.15, 0.2) is 0 Å². The number of carbonyl (C=O) groups excluding carboxylic acids is 2. The highest BCUT2D eigenvalue weighted by Gasteiger charge is 2.31. The summed E-state index contributed by atoms with van der Waals surface area (Å²) in [5.74, 6) is -2.34. The van der Waals surface area contributed by atoms with Crippen molar-refractivity contribution in [1.82, 2.24) is 5.32 Å². The van der Waals surface area contributed by atoms with Gasteiger partial charge in [-0.3, -0.25) is 9.59 Å². The van der Waals surface area contributed by atoms with Crippen LogP contribution in [0, 0.1) is 0 Å². The van der Waals surface area contributed by atoms with E-state index in [1.807, 2.05) is 0 Å². The van der Waals surface area contributed by atoms with Crippen molar-refractivity contribution in [3.05, 3.63) is 45.6 Å². The number of anilines is 1. The van der Waals surface area contributed by atoms with E-state index in [0.717, 1.165) is 17.0 Å². The standard InChI is InChI=1S/C16H14ClF3N2O4S/c1-25-11(12-6-7-13(17)27-12)8-21-14(23)15(24)22-9-2-4-10(5-3-9)26-16(18,19)20/h2-7,11H,8H2,1H3,(H,21,23)(H,22,24)/t11-/m0/s1. The molecule has 27 heavy (non-hydrogen) atoms. The van der Waals surface area contributed by atoms with E-state index in [4.69, 9.17) is 16.3 Å². The Morgan fingerprint density at radius 1 is 1.15 bits per heavy atom. The highest BCUT2D eigenvalue weighted by atomic mass is 35.5. The number of hydrogen-bond donors (Lipinski definition) is 2. The minimum absolute atomic E-state index is 0.0396. The third kappa shape index (κ3) is 6.74. The Balaban J connectivity index is 1.87. The van der Waals surface area contributed by atoms with Gasteiger partial charge in [0.25, 0.3) is 0 Å². The number of rotatable bonds is 6. The zero-order valence-corrected chi connectivity index (χ0v) is 15.4.